The molecule has 8 nitrogen and oxygen atoms in total. The van der Waals surface area contributed by atoms with E-state index in [0.29, 0.717) is 17.3 Å². The number of halogens is 2. The molecule has 0 aromatic carbocycles. The van der Waals surface area contributed by atoms with Crippen molar-refractivity contribution in [2.24, 2.45) is 0 Å². The Balaban J connectivity index is 1.89. The minimum absolute atomic E-state index is 0.0343. The standard InChI is InChI=1S/C17H16F2N6O2/c18-17(19)2-4-25(9-17)16(27)12-5-11(8-23-15(12)21)10-1-3-22-13(6-10)24-14(26)7-20/h1,3,5-8,20H,2,4,9H2,(H2,21,23)(H,22,24,26). The monoisotopic (exact) mass is 374 g/mol. The average Bonchev–Trinajstić information content (AvgIpc) is 3.01. The molecule has 0 spiro atoms. The SMILES string of the molecule is N=CC(=O)Nc1cc(-c2cnc(N)c(C(=O)N3CCC(F)(F)C3)c2)ccn1. The first-order chi connectivity index (χ1) is 12.8. The molecular formula is C17H16F2N6O2. The molecule has 0 saturated carbocycles. The Morgan fingerprint density at radius 3 is 2.74 bits per heavy atom. The van der Waals surface area contributed by atoms with E-state index >= 15 is 0 Å². The van der Waals surface area contributed by atoms with Gasteiger partial charge in [0.2, 0.25) is 0 Å². The van der Waals surface area contributed by atoms with Crippen molar-refractivity contribution in [3.8, 4) is 11.1 Å². The van der Waals surface area contributed by atoms with Gasteiger partial charge in [-0.25, -0.2) is 18.7 Å². The molecule has 1 aliphatic rings. The molecule has 1 fully saturated rings. The summed E-state index contributed by atoms with van der Waals surface area (Å²) in [5.74, 6) is -3.98. The van der Waals surface area contributed by atoms with Crippen LogP contribution in [0.15, 0.2) is 30.6 Å². The largest absolute Gasteiger partial charge is 0.383 e. The molecule has 2 aromatic rings. The second-order valence-corrected chi connectivity index (χ2v) is 6.05. The van der Waals surface area contributed by atoms with E-state index in [9.17, 15) is 18.4 Å². The third-order valence-electron chi connectivity index (χ3n) is 4.08. The number of carbonyl (C=O) groups is 2. The van der Waals surface area contributed by atoms with Gasteiger partial charge in [0.25, 0.3) is 17.7 Å². The topological polar surface area (TPSA) is 125 Å². The van der Waals surface area contributed by atoms with Gasteiger partial charge >= 0.3 is 0 Å². The van der Waals surface area contributed by atoms with E-state index in [1.165, 1.54) is 24.5 Å². The van der Waals surface area contributed by atoms with E-state index in [4.69, 9.17) is 11.1 Å². The van der Waals surface area contributed by atoms with Crippen LogP contribution < -0.4 is 11.1 Å². The lowest BCUT2D eigenvalue weighted by molar-refractivity contribution is -0.110. The number of amides is 2. The summed E-state index contributed by atoms with van der Waals surface area (Å²) < 4.78 is 26.8. The number of nitrogens with one attached hydrogen (secondary N) is 2. The number of carbonyl (C=O) groups excluding carboxylic acids is 2. The molecule has 2 aromatic heterocycles. The fraction of sp³-hybridized carbons (Fsp3) is 0.235. The predicted molar refractivity (Wildman–Crippen MR) is 94.8 cm³/mol. The molecule has 0 atom stereocenters. The molecular weight excluding hydrogens is 358 g/mol. The van der Waals surface area contributed by atoms with Crippen molar-refractivity contribution >= 4 is 29.7 Å². The number of alkyl halides is 2. The Morgan fingerprint density at radius 1 is 1.30 bits per heavy atom. The van der Waals surface area contributed by atoms with Crippen LogP contribution in [0.25, 0.3) is 11.1 Å². The maximum absolute atomic E-state index is 13.4. The van der Waals surface area contributed by atoms with E-state index in [1.807, 2.05) is 0 Å². The lowest BCUT2D eigenvalue weighted by Crippen LogP contribution is -2.32. The fourth-order valence-electron chi connectivity index (χ4n) is 2.72. The van der Waals surface area contributed by atoms with Crippen molar-refractivity contribution < 1.29 is 18.4 Å². The van der Waals surface area contributed by atoms with Crippen LogP contribution >= 0.6 is 0 Å². The second kappa shape index (κ2) is 7.06. The van der Waals surface area contributed by atoms with Crippen LogP contribution in [0.1, 0.15) is 16.8 Å². The number of pyridine rings is 2. The Bertz CT molecular complexity index is 918. The maximum Gasteiger partial charge on any atom is 0.267 e. The number of likely N-dealkylation sites (tertiary alicyclic amines) is 1. The van der Waals surface area contributed by atoms with Gasteiger partial charge in [-0.2, -0.15) is 0 Å². The van der Waals surface area contributed by atoms with Crippen LogP contribution in [0.3, 0.4) is 0 Å². The van der Waals surface area contributed by atoms with Crippen molar-refractivity contribution in [1.82, 2.24) is 14.9 Å². The summed E-state index contributed by atoms with van der Waals surface area (Å²) in [4.78, 5) is 32.9. The van der Waals surface area contributed by atoms with E-state index in [-0.39, 0.29) is 30.2 Å². The molecule has 3 heterocycles. The minimum atomic E-state index is -2.90. The highest BCUT2D eigenvalue weighted by atomic mass is 19.3. The van der Waals surface area contributed by atoms with Crippen molar-refractivity contribution in [3.63, 3.8) is 0 Å². The van der Waals surface area contributed by atoms with Crippen LogP contribution in [0.5, 0.6) is 0 Å². The average molecular weight is 374 g/mol. The molecule has 0 radical (unpaired) electrons. The summed E-state index contributed by atoms with van der Waals surface area (Å²) in [5.41, 5.74) is 6.90. The zero-order valence-corrected chi connectivity index (χ0v) is 14.1. The van der Waals surface area contributed by atoms with Crippen molar-refractivity contribution in [2.75, 3.05) is 24.1 Å². The minimum Gasteiger partial charge on any atom is -0.383 e. The van der Waals surface area contributed by atoms with Gasteiger partial charge in [-0.05, 0) is 23.8 Å². The van der Waals surface area contributed by atoms with Crippen LogP contribution in [-0.4, -0.2) is 51.9 Å². The van der Waals surface area contributed by atoms with Gasteiger partial charge in [0.05, 0.1) is 18.3 Å². The molecule has 1 aliphatic heterocycles. The molecule has 140 valence electrons. The number of nitrogen functional groups attached to an aromatic ring is 1. The first-order valence-electron chi connectivity index (χ1n) is 7.99. The smallest absolute Gasteiger partial charge is 0.267 e. The molecule has 3 rings (SSSR count). The van der Waals surface area contributed by atoms with Crippen LogP contribution in [0, 0.1) is 5.41 Å². The van der Waals surface area contributed by atoms with Crippen LogP contribution in [0.2, 0.25) is 0 Å². The molecule has 1 saturated heterocycles. The van der Waals surface area contributed by atoms with Gasteiger partial charge in [-0.15, -0.1) is 0 Å². The van der Waals surface area contributed by atoms with Gasteiger partial charge in [-0.1, -0.05) is 0 Å². The summed E-state index contributed by atoms with van der Waals surface area (Å²) in [6.07, 6.45) is 3.10. The zero-order valence-electron chi connectivity index (χ0n) is 14.1. The van der Waals surface area contributed by atoms with E-state index in [0.717, 1.165) is 4.90 Å². The third-order valence-corrected chi connectivity index (χ3v) is 4.08. The summed E-state index contributed by atoms with van der Waals surface area (Å²) in [7, 11) is 0. The van der Waals surface area contributed by atoms with Gasteiger partial charge in [-0.3, -0.25) is 9.59 Å². The van der Waals surface area contributed by atoms with Crippen LogP contribution in [0.4, 0.5) is 20.4 Å². The number of aromatic nitrogens is 2. The van der Waals surface area contributed by atoms with Crippen LogP contribution in [-0.2, 0) is 4.79 Å². The van der Waals surface area contributed by atoms with Gasteiger partial charge in [0.1, 0.15) is 11.6 Å². The van der Waals surface area contributed by atoms with E-state index in [1.54, 1.807) is 6.07 Å². The molecule has 0 bridgehead atoms. The van der Waals surface area contributed by atoms with Crippen molar-refractivity contribution in [3.05, 3.63) is 36.2 Å². The number of nitrogens with two attached hydrogens (primary N) is 1. The Kier molecular flexibility index (Phi) is 4.80. The number of nitrogens with zero attached hydrogens (tertiary/aromatic N) is 3. The Hall–Kier alpha value is -3.43. The zero-order chi connectivity index (χ0) is 19.6. The number of anilines is 2. The van der Waals surface area contributed by atoms with Crippen molar-refractivity contribution in [1.29, 1.82) is 5.41 Å². The quantitative estimate of drug-likeness (QED) is 0.704. The molecule has 10 heteroatoms. The summed E-state index contributed by atoms with van der Waals surface area (Å²) >= 11 is 0. The van der Waals surface area contributed by atoms with Gasteiger partial charge < -0.3 is 21.4 Å². The maximum atomic E-state index is 13.4. The summed E-state index contributed by atoms with van der Waals surface area (Å²) in [5, 5.41) is 9.31. The highest BCUT2D eigenvalue weighted by Gasteiger charge is 2.40. The number of hydrogen-bond acceptors (Lipinski definition) is 6. The molecule has 2 amide bonds. The highest BCUT2D eigenvalue weighted by molar-refractivity contribution is 6.30. The van der Waals surface area contributed by atoms with Gasteiger partial charge in [0, 0.05) is 30.9 Å². The third kappa shape index (κ3) is 4.05. The first kappa shape index (κ1) is 18.4. The Morgan fingerprint density at radius 2 is 2.07 bits per heavy atom. The summed E-state index contributed by atoms with van der Waals surface area (Å²) in [6.45, 7) is -0.699. The normalized spacial score (nSPS) is 15.4. The lowest BCUT2D eigenvalue weighted by Gasteiger charge is -2.17. The Labute approximate surface area is 152 Å². The highest BCUT2D eigenvalue weighted by Crippen LogP contribution is 2.30. The lowest BCUT2D eigenvalue weighted by atomic mass is 10.1. The summed E-state index contributed by atoms with van der Waals surface area (Å²) in [6, 6.07) is 4.64. The first-order valence-corrected chi connectivity index (χ1v) is 7.99. The van der Waals surface area contributed by atoms with E-state index in [2.05, 4.69) is 15.3 Å². The molecule has 4 N–H and O–H groups in total. The molecule has 0 aliphatic carbocycles. The predicted octanol–water partition coefficient (Wildman–Crippen LogP) is 1.80. The van der Waals surface area contributed by atoms with Gasteiger partial charge in [0.15, 0.2) is 0 Å². The second-order valence-electron chi connectivity index (χ2n) is 6.05. The van der Waals surface area contributed by atoms with E-state index < -0.39 is 24.3 Å². The van der Waals surface area contributed by atoms with Crippen molar-refractivity contribution in [2.45, 2.75) is 12.3 Å². The fourth-order valence-corrected chi connectivity index (χ4v) is 2.72. The number of hydrogen-bond donors (Lipinski definition) is 3. The molecule has 27 heavy (non-hydrogen) atoms. The molecule has 0 unspecified atom stereocenters. The number of rotatable bonds is 4.